The van der Waals surface area contributed by atoms with Crippen molar-refractivity contribution in [1.82, 2.24) is 9.22 Å². The molecular weight excluding hydrogens is 419 g/mol. The summed E-state index contributed by atoms with van der Waals surface area (Å²) >= 11 is 6.05. The van der Waals surface area contributed by atoms with Gasteiger partial charge < -0.3 is 4.23 Å². The van der Waals surface area contributed by atoms with Crippen LogP contribution < -0.4 is 0 Å². The lowest BCUT2D eigenvalue weighted by Gasteiger charge is -2.38. The van der Waals surface area contributed by atoms with Crippen LogP contribution in [-0.4, -0.2) is 17.5 Å². The summed E-state index contributed by atoms with van der Waals surface area (Å²) in [6.07, 6.45) is 1.88. The Bertz CT molecular complexity index is 599. The Morgan fingerprint density at radius 2 is 1.94 bits per heavy atom. The number of pyridine rings is 1. The number of hydrogen-bond donors (Lipinski definition) is 0. The van der Waals surface area contributed by atoms with Crippen molar-refractivity contribution in [3.8, 4) is 0 Å². The first-order chi connectivity index (χ1) is 8.16. The minimum atomic E-state index is -1.63. The van der Waals surface area contributed by atoms with Crippen molar-refractivity contribution in [2.45, 2.75) is 38.9 Å². The Labute approximate surface area is 132 Å². The maximum absolute atomic E-state index is 4.61. The Morgan fingerprint density at radius 1 is 1.33 bits per heavy atom. The van der Waals surface area contributed by atoms with Gasteiger partial charge in [0.25, 0.3) is 0 Å². The van der Waals surface area contributed by atoms with Crippen molar-refractivity contribution in [3.05, 3.63) is 26.5 Å². The van der Waals surface area contributed by atoms with Crippen molar-refractivity contribution < 1.29 is 0 Å². The maximum Gasteiger partial charge on any atom is 0.164 e. The first-order valence-corrected chi connectivity index (χ1v) is 10.8. The molecule has 0 N–H and O–H groups in total. The van der Waals surface area contributed by atoms with Crippen LogP contribution in [-0.2, 0) is 0 Å². The summed E-state index contributed by atoms with van der Waals surface area (Å²) in [5.74, 6) is 0. The van der Waals surface area contributed by atoms with Crippen LogP contribution >= 0.6 is 38.5 Å². The molecule has 98 valence electrons. The van der Waals surface area contributed by atoms with E-state index in [4.69, 9.17) is 0 Å². The summed E-state index contributed by atoms with van der Waals surface area (Å²) in [7, 11) is -1.63. The second-order valence-corrected chi connectivity index (χ2v) is 13.2. The van der Waals surface area contributed by atoms with Crippen LogP contribution in [0.25, 0.3) is 11.0 Å². The number of fused-ring (bicyclic) bond motifs is 1. The zero-order valence-electron chi connectivity index (χ0n) is 11.4. The normalized spacial score (nSPS) is 13.3. The molecule has 2 rings (SSSR count). The van der Waals surface area contributed by atoms with Gasteiger partial charge in [-0.2, -0.15) is 0 Å². The lowest BCUT2D eigenvalue weighted by atomic mass is 10.2. The topological polar surface area (TPSA) is 17.8 Å². The maximum atomic E-state index is 4.61. The second kappa shape index (κ2) is 4.59. The van der Waals surface area contributed by atoms with Gasteiger partial charge in [-0.1, -0.05) is 33.9 Å². The summed E-state index contributed by atoms with van der Waals surface area (Å²) in [5, 5.41) is 1.51. The molecule has 0 aliphatic rings. The van der Waals surface area contributed by atoms with E-state index in [0.29, 0.717) is 5.04 Å². The van der Waals surface area contributed by atoms with E-state index in [1.165, 1.54) is 9.09 Å². The molecule has 0 radical (unpaired) electrons. The van der Waals surface area contributed by atoms with Crippen molar-refractivity contribution in [3.63, 3.8) is 0 Å². The number of halogens is 2. The third kappa shape index (κ3) is 2.18. The number of aromatic nitrogens is 2. The summed E-state index contributed by atoms with van der Waals surface area (Å²) < 4.78 is 4.89. The Morgan fingerprint density at radius 3 is 2.50 bits per heavy atom. The second-order valence-electron chi connectivity index (χ2n) is 6.14. The van der Waals surface area contributed by atoms with Crippen LogP contribution in [0.2, 0.25) is 18.1 Å². The molecule has 0 bridgehead atoms. The predicted octanol–water partition coefficient (Wildman–Crippen LogP) is 5.26. The zero-order chi connectivity index (χ0) is 13.7. The van der Waals surface area contributed by atoms with Crippen molar-refractivity contribution in [2.24, 2.45) is 0 Å². The van der Waals surface area contributed by atoms with E-state index in [2.05, 4.69) is 87.7 Å². The van der Waals surface area contributed by atoms with Gasteiger partial charge in [-0.3, -0.25) is 0 Å². The zero-order valence-corrected chi connectivity index (χ0v) is 16.1. The molecule has 0 aromatic carbocycles. The molecule has 5 heteroatoms. The fourth-order valence-electron chi connectivity index (χ4n) is 1.90. The highest BCUT2D eigenvalue weighted by Crippen LogP contribution is 2.40. The Kier molecular flexibility index (Phi) is 3.71. The monoisotopic (exact) mass is 436 g/mol. The van der Waals surface area contributed by atoms with Crippen LogP contribution in [0.3, 0.4) is 0 Å². The highest BCUT2D eigenvalue weighted by molar-refractivity contribution is 14.1. The molecule has 0 atom stereocenters. The van der Waals surface area contributed by atoms with Crippen LogP contribution in [0.1, 0.15) is 20.8 Å². The smallest absolute Gasteiger partial charge is 0.164 e. The minimum absolute atomic E-state index is 0.295. The summed E-state index contributed by atoms with van der Waals surface area (Å²) in [4.78, 5) is 4.61. The van der Waals surface area contributed by atoms with Gasteiger partial charge in [-0.25, -0.2) is 4.98 Å². The van der Waals surface area contributed by atoms with Gasteiger partial charge in [0.2, 0.25) is 0 Å². The van der Waals surface area contributed by atoms with Gasteiger partial charge in [0.05, 0.1) is 3.70 Å². The van der Waals surface area contributed by atoms with E-state index in [1.807, 2.05) is 12.3 Å². The molecule has 2 heterocycles. The lowest BCUT2D eigenvalue weighted by molar-refractivity contribution is 0.700. The molecule has 0 aliphatic heterocycles. The summed E-state index contributed by atoms with van der Waals surface area (Å²) in [5.41, 5.74) is 1.11. The van der Waals surface area contributed by atoms with E-state index in [0.717, 1.165) is 10.1 Å². The molecule has 2 aromatic heterocycles. The quantitative estimate of drug-likeness (QED) is 0.440. The average molecular weight is 437 g/mol. The highest BCUT2D eigenvalue weighted by Gasteiger charge is 2.39. The average Bonchev–Trinajstić information content (AvgIpc) is 2.54. The number of hydrogen-bond acceptors (Lipinski definition) is 1. The van der Waals surface area contributed by atoms with Crippen LogP contribution in [0.4, 0.5) is 0 Å². The summed E-state index contributed by atoms with van der Waals surface area (Å²) in [6.45, 7) is 11.8. The molecule has 0 spiro atoms. The summed E-state index contributed by atoms with van der Waals surface area (Å²) in [6, 6.07) is 4.24. The largest absolute Gasteiger partial charge is 0.348 e. The van der Waals surface area contributed by atoms with Gasteiger partial charge in [-0.15, -0.1) is 0 Å². The lowest BCUT2D eigenvalue weighted by Crippen LogP contribution is -2.46. The van der Waals surface area contributed by atoms with Gasteiger partial charge in [0, 0.05) is 16.1 Å². The fraction of sp³-hybridized carbons (Fsp3) is 0.462. The molecule has 0 fully saturated rings. The molecule has 0 amide bonds. The third-order valence-corrected chi connectivity index (χ3v) is 11.2. The van der Waals surface area contributed by atoms with E-state index >= 15 is 0 Å². The Hall–Kier alpha value is 0.117. The predicted molar refractivity (Wildman–Crippen MR) is 92.7 cm³/mol. The SMILES string of the molecule is CC(C)(C)[Si](C)(C)n1c(I)cc2c(Br)ccnc21. The van der Waals surface area contributed by atoms with Gasteiger partial charge >= 0.3 is 0 Å². The molecule has 18 heavy (non-hydrogen) atoms. The Balaban J connectivity index is 2.80. The van der Waals surface area contributed by atoms with Gasteiger partial charge in [0.1, 0.15) is 5.65 Å². The molecule has 0 saturated carbocycles. The molecule has 2 nitrogen and oxygen atoms in total. The van der Waals surface area contributed by atoms with E-state index < -0.39 is 8.24 Å². The van der Waals surface area contributed by atoms with Crippen molar-refractivity contribution in [2.75, 3.05) is 0 Å². The van der Waals surface area contributed by atoms with E-state index in [-0.39, 0.29) is 0 Å². The third-order valence-electron chi connectivity index (χ3n) is 4.00. The molecule has 0 saturated heterocycles. The van der Waals surface area contributed by atoms with E-state index in [9.17, 15) is 0 Å². The first kappa shape index (κ1) is 14.5. The fourth-order valence-corrected chi connectivity index (χ4v) is 6.64. The first-order valence-electron chi connectivity index (χ1n) is 5.98. The van der Waals surface area contributed by atoms with E-state index in [1.54, 1.807) is 0 Å². The van der Waals surface area contributed by atoms with Gasteiger partial charge in [0.15, 0.2) is 8.24 Å². The van der Waals surface area contributed by atoms with Crippen LogP contribution in [0.5, 0.6) is 0 Å². The highest BCUT2D eigenvalue weighted by atomic mass is 127. The van der Waals surface area contributed by atoms with Crippen LogP contribution in [0, 0.1) is 3.70 Å². The molecule has 0 unspecified atom stereocenters. The minimum Gasteiger partial charge on any atom is -0.348 e. The standard InChI is InChI=1S/C13H18BrIN2Si/c1-13(2,3)18(4,5)17-11(15)8-9-10(14)6-7-16-12(9)17/h6-8H,1-5H3. The molecular formula is C13H18BrIN2Si. The van der Waals surface area contributed by atoms with Gasteiger partial charge in [-0.05, 0) is 55.7 Å². The number of nitrogens with zero attached hydrogens (tertiary/aromatic N) is 2. The van der Waals surface area contributed by atoms with Crippen molar-refractivity contribution in [1.29, 1.82) is 0 Å². The van der Waals surface area contributed by atoms with Crippen LogP contribution in [0.15, 0.2) is 22.8 Å². The number of rotatable bonds is 1. The molecule has 0 aliphatic carbocycles. The molecule has 2 aromatic rings. The van der Waals surface area contributed by atoms with Crippen molar-refractivity contribution >= 4 is 57.8 Å².